The quantitative estimate of drug-likeness (QED) is 0.530. The van der Waals surface area contributed by atoms with Crippen molar-refractivity contribution in [3.8, 4) is 5.75 Å². The highest BCUT2D eigenvalue weighted by Crippen LogP contribution is 2.27. The van der Waals surface area contributed by atoms with Gasteiger partial charge in [-0.15, -0.1) is 0 Å². The molecular formula is C20H23Cl2NO2. The van der Waals surface area contributed by atoms with Crippen LogP contribution in [0.1, 0.15) is 48.5 Å². The van der Waals surface area contributed by atoms with Gasteiger partial charge in [-0.2, -0.15) is 0 Å². The summed E-state index contributed by atoms with van der Waals surface area (Å²) in [4.78, 5) is 12.7. The molecule has 5 heteroatoms. The number of hydrogen-bond acceptors (Lipinski definition) is 2. The summed E-state index contributed by atoms with van der Waals surface area (Å²) in [6, 6.07) is 10.5. The zero-order valence-electron chi connectivity index (χ0n) is 14.6. The number of unbranched alkanes of at least 4 members (excludes halogenated alkanes) is 3. The number of nitrogens with one attached hydrogen (secondary N) is 1. The smallest absolute Gasteiger partial charge is 0.259 e. The number of aryl methyl sites for hydroxylation is 1. The van der Waals surface area contributed by atoms with Crippen LogP contribution in [0.2, 0.25) is 10.0 Å². The van der Waals surface area contributed by atoms with Gasteiger partial charge >= 0.3 is 0 Å². The van der Waals surface area contributed by atoms with Crippen LogP contribution in [-0.4, -0.2) is 12.5 Å². The number of rotatable bonds is 8. The second-order valence-electron chi connectivity index (χ2n) is 5.99. The van der Waals surface area contributed by atoms with Crippen LogP contribution in [0.3, 0.4) is 0 Å². The molecule has 1 amide bonds. The Kier molecular flexibility index (Phi) is 7.60. The van der Waals surface area contributed by atoms with Crippen LogP contribution in [-0.2, 0) is 0 Å². The molecule has 25 heavy (non-hydrogen) atoms. The molecule has 0 aliphatic heterocycles. The van der Waals surface area contributed by atoms with Crippen molar-refractivity contribution in [2.45, 2.75) is 39.5 Å². The van der Waals surface area contributed by atoms with Crippen LogP contribution in [0, 0.1) is 6.92 Å². The molecule has 2 aromatic carbocycles. The first kappa shape index (κ1) is 19.6. The fraction of sp³-hybridized carbons (Fsp3) is 0.350. The van der Waals surface area contributed by atoms with E-state index in [-0.39, 0.29) is 5.91 Å². The van der Waals surface area contributed by atoms with Crippen LogP contribution in [0.25, 0.3) is 0 Å². The summed E-state index contributed by atoms with van der Waals surface area (Å²) in [6.07, 6.45) is 4.43. The number of carbonyl (C=O) groups excluding carboxylic acids is 1. The Bertz CT molecular complexity index is 732. The Labute approximate surface area is 159 Å². The van der Waals surface area contributed by atoms with E-state index in [4.69, 9.17) is 27.9 Å². The van der Waals surface area contributed by atoms with Crippen LogP contribution >= 0.6 is 23.2 Å². The third-order valence-electron chi connectivity index (χ3n) is 3.81. The zero-order chi connectivity index (χ0) is 18.2. The van der Waals surface area contributed by atoms with E-state index >= 15 is 0 Å². The van der Waals surface area contributed by atoms with E-state index < -0.39 is 0 Å². The number of halogens is 2. The number of amides is 1. The third-order valence-corrected chi connectivity index (χ3v) is 4.36. The largest absolute Gasteiger partial charge is 0.493 e. The Balaban J connectivity index is 2.10. The van der Waals surface area contributed by atoms with Crippen LogP contribution in [0.5, 0.6) is 5.75 Å². The summed E-state index contributed by atoms with van der Waals surface area (Å²) < 4.78 is 5.79. The van der Waals surface area contributed by atoms with E-state index in [9.17, 15) is 4.79 Å². The van der Waals surface area contributed by atoms with Gasteiger partial charge in [-0.05, 0) is 49.2 Å². The van der Waals surface area contributed by atoms with Gasteiger partial charge in [0.25, 0.3) is 5.91 Å². The number of carbonyl (C=O) groups is 1. The molecule has 0 bridgehead atoms. The molecule has 2 rings (SSSR count). The monoisotopic (exact) mass is 379 g/mol. The standard InChI is InChI=1S/C20H23Cl2NO2/c1-3-4-5-6-11-25-19-10-8-15(21)13-16(19)20(24)23-18-9-7-14(2)12-17(18)22/h7-10,12-13H,3-6,11H2,1-2H3,(H,23,24). The lowest BCUT2D eigenvalue weighted by Gasteiger charge is -2.13. The molecule has 0 unspecified atom stereocenters. The van der Waals surface area contributed by atoms with Crippen molar-refractivity contribution in [2.24, 2.45) is 0 Å². The number of anilines is 1. The van der Waals surface area contributed by atoms with Gasteiger partial charge < -0.3 is 10.1 Å². The summed E-state index contributed by atoms with van der Waals surface area (Å²) in [7, 11) is 0. The molecule has 0 saturated carbocycles. The first-order valence-electron chi connectivity index (χ1n) is 8.51. The Hall–Kier alpha value is -1.71. The van der Waals surface area contributed by atoms with Gasteiger partial charge in [-0.1, -0.05) is 55.5 Å². The van der Waals surface area contributed by atoms with Crippen LogP contribution in [0.15, 0.2) is 36.4 Å². The van der Waals surface area contributed by atoms with Crippen molar-refractivity contribution in [2.75, 3.05) is 11.9 Å². The topological polar surface area (TPSA) is 38.3 Å². The van der Waals surface area contributed by atoms with Gasteiger partial charge in [0.2, 0.25) is 0 Å². The SMILES string of the molecule is CCCCCCOc1ccc(Cl)cc1C(=O)Nc1ccc(C)cc1Cl. The van der Waals surface area contributed by atoms with Crippen LogP contribution < -0.4 is 10.1 Å². The van der Waals surface area contributed by atoms with Gasteiger partial charge in [0.05, 0.1) is 22.9 Å². The molecule has 0 spiro atoms. The van der Waals surface area contributed by atoms with Crippen molar-refractivity contribution in [1.82, 2.24) is 0 Å². The van der Waals surface area contributed by atoms with Crippen molar-refractivity contribution in [1.29, 1.82) is 0 Å². The molecule has 2 aromatic rings. The molecule has 0 aliphatic carbocycles. The minimum absolute atomic E-state index is 0.295. The second kappa shape index (κ2) is 9.69. The van der Waals surface area contributed by atoms with Gasteiger partial charge in [-0.25, -0.2) is 0 Å². The highest BCUT2D eigenvalue weighted by atomic mass is 35.5. The molecule has 3 nitrogen and oxygen atoms in total. The van der Waals surface area contributed by atoms with Crippen molar-refractivity contribution in [3.05, 3.63) is 57.6 Å². The Morgan fingerprint density at radius 1 is 1.08 bits per heavy atom. The van der Waals surface area contributed by atoms with E-state index in [2.05, 4.69) is 12.2 Å². The third kappa shape index (κ3) is 5.94. The predicted molar refractivity (Wildman–Crippen MR) is 105 cm³/mol. The first-order chi connectivity index (χ1) is 12.0. The van der Waals surface area contributed by atoms with E-state index in [1.54, 1.807) is 30.3 Å². The van der Waals surface area contributed by atoms with E-state index in [1.165, 1.54) is 12.8 Å². The lowest BCUT2D eigenvalue weighted by Crippen LogP contribution is -2.14. The highest BCUT2D eigenvalue weighted by Gasteiger charge is 2.15. The maximum Gasteiger partial charge on any atom is 0.259 e. The van der Waals surface area contributed by atoms with Gasteiger partial charge in [-0.3, -0.25) is 4.79 Å². The molecular weight excluding hydrogens is 357 g/mol. The normalized spacial score (nSPS) is 10.6. The summed E-state index contributed by atoms with van der Waals surface area (Å²) in [5.41, 5.74) is 1.99. The number of hydrogen-bond donors (Lipinski definition) is 1. The summed E-state index contributed by atoms with van der Waals surface area (Å²) in [5, 5.41) is 3.80. The Morgan fingerprint density at radius 3 is 2.60 bits per heavy atom. The van der Waals surface area contributed by atoms with E-state index in [0.717, 1.165) is 18.4 Å². The van der Waals surface area contributed by atoms with Gasteiger partial charge in [0, 0.05) is 5.02 Å². The molecule has 0 heterocycles. The number of ether oxygens (including phenoxy) is 1. The van der Waals surface area contributed by atoms with Gasteiger partial charge in [0.15, 0.2) is 0 Å². The van der Waals surface area contributed by atoms with E-state index in [0.29, 0.717) is 33.7 Å². The number of benzene rings is 2. The van der Waals surface area contributed by atoms with Crippen LogP contribution in [0.4, 0.5) is 5.69 Å². The van der Waals surface area contributed by atoms with Crippen molar-refractivity contribution < 1.29 is 9.53 Å². The molecule has 0 aromatic heterocycles. The second-order valence-corrected chi connectivity index (χ2v) is 6.83. The summed E-state index contributed by atoms with van der Waals surface area (Å²) in [5.74, 6) is 0.235. The average molecular weight is 380 g/mol. The fourth-order valence-electron chi connectivity index (χ4n) is 2.43. The molecule has 0 fully saturated rings. The minimum Gasteiger partial charge on any atom is -0.493 e. The molecule has 0 aliphatic rings. The molecule has 1 N–H and O–H groups in total. The highest BCUT2D eigenvalue weighted by molar-refractivity contribution is 6.34. The molecule has 0 saturated heterocycles. The molecule has 134 valence electrons. The lowest BCUT2D eigenvalue weighted by molar-refractivity contribution is 0.102. The van der Waals surface area contributed by atoms with E-state index in [1.807, 2.05) is 13.0 Å². The van der Waals surface area contributed by atoms with Crippen molar-refractivity contribution in [3.63, 3.8) is 0 Å². The Morgan fingerprint density at radius 2 is 1.88 bits per heavy atom. The predicted octanol–water partition coefficient (Wildman–Crippen LogP) is 6.51. The summed E-state index contributed by atoms with van der Waals surface area (Å²) in [6.45, 7) is 4.69. The lowest BCUT2D eigenvalue weighted by atomic mass is 10.1. The first-order valence-corrected chi connectivity index (χ1v) is 9.26. The molecule has 0 atom stereocenters. The summed E-state index contributed by atoms with van der Waals surface area (Å²) >= 11 is 12.2. The fourth-order valence-corrected chi connectivity index (χ4v) is 2.88. The maximum absolute atomic E-state index is 12.7. The van der Waals surface area contributed by atoms with Crippen molar-refractivity contribution >= 4 is 34.8 Å². The minimum atomic E-state index is -0.295. The molecule has 0 radical (unpaired) electrons. The zero-order valence-corrected chi connectivity index (χ0v) is 16.1. The van der Waals surface area contributed by atoms with Gasteiger partial charge in [0.1, 0.15) is 5.75 Å². The average Bonchev–Trinajstić information content (AvgIpc) is 2.58. The maximum atomic E-state index is 12.7.